The van der Waals surface area contributed by atoms with Crippen LogP contribution < -0.4 is 15.0 Å². The molecule has 4 aromatic rings. The smallest absolute Gasteiger partial charge is 0.248 e. The number of rotatable bonds is 7. The van der Waals surface area contributed by atoms with Crippen LogP contribution in [0.25, 0.3) is 16.3 Å². The van der Waals surface area contributed by atoms with E-state index in [0.29, 0.717) is 6.61 Å². The van der Waals surface area contributed by atoms with E-state index >= 15 is 0 Å². The van der Waals surface area contributed by atoms with Crippen molar-refractivity contribution in [3.63, 3.8) is 0 Å². The van der Waals surface area contributed by atoms with Crippen LogP contribution in [0.2, 0.25) is 0 Å². The molecule has 7 nitrogen and oxygen atoms in total. The van der Waals surface area contributed by atoms with Crippen LogP contribution in [-0.2, 0) is 16.1 Å². The number of nitrogens with one attached hydrogen (secondary N) is 1. The summed E-state index contributed by atoms with van der Waals surface area (Å²) in [4.78, 5) is 23.5. The molecule has 2 aromatic heterocycles. The van der Waals surface area contributed by atoms with Gasteiger partial charge in [0.25, 0.3) is 0 Å². The molecule has 1 aliphatic rings. The SMILES string of the molecule is O=C(C=Cc1ccc(OCc2cccnc2)cc1)Nc1ccc2nc(N3CCOCC3)sc2c1. The van der Waals surface area contributed by atoms with Gasteiger partial charge in [-0.05, 0) is 48.0 Å². The van der Waals surface area contributed by atoms with Gasteiger partial charge in [0.15, 0.2) is 5.13 Å². The Morgan fingerprint density at radius 2 is 2.00 bits per heavy atom. The molecule has 34 heavy (non-hydrogen) atoms. The number of hydrogen-bond donors (Lipinski definition) is 1. The molecule has 1 amide bonds. The minimum atomic E-state index is -0.186. The second-order valence-corrected chi connectivity index (χ2v) is 8.83. The molecule has 0 atom stereocenters. The van der Waals surface area contributed by atoms with Crippen molar-refractivity contribution in [3.05, 3.63) is 84.2 Å². The highest BCUT2D eigenvalue weighted by molar-refractivity contribution is 7.22. The van der Waals surface area contributed by atoms with Gasteiger partial charge in [0.2, 0.25) is 5.91 Å². The molecule has 2 aromatic carbocycles. The first-order valence-electron chi connectivity index (χ1n) is 11.1. The van der Waals surface area contributed by atoms with Crippen molar-refractivity contribution in [2.24, 2.45) is 0 Å². The number of nitrogens with zero attached hydrogens (tertiary/aromatic N) is 3. The van der Waals surface area contributed by atoms with Crippen LogP contribution in [0.1, 0.15) is 11.1 Å². The number of carbonyl (C=O) groups is 1. The Morgan fingerprint density at radius 1 is 1.15 bits per heavy atom. The van der Waals surface area contributed by atoms with Crippen LogP contribution in [0.5, 0.6) is 5.75 Å². The Kier molecular flexibility index (Phi) is 6.78. The molecule has 0 aliphatic carbocycles. The highest BCUT2D eigenvalue weighted by atomic mass is 32.1. The molecule has 1 N–H and O–H groups in total. The lowest BCUT2D eigenvalue weighted by Gasteiger charge is -2.25. The Balaban J connectivity index is 1.17. The summed E-state index contributed by atoms with van der Waals surface area (Å²) in [5.74, 6) is 0.578. The number of aromatic nitrogens is 2. The molecule has 0 radical (unpaired) electrons. The average molecular weight is 473 g/mol. The molecule has 1 fully saturated rings. The first kappa shape index (κ1) is 22.1. The van der Waals surface area contributed by atoms with E-state index in [4.69, 9.17) is 14.5 Å². The van der Waals surface area contributed by atoms with Crippen molar-refractivity contribution < 1.29 is 14.3 Å². The normalized spacial score (nSPS) is 13.9. The maximum atomic E-state index is 12.4. The standard InChI is InChI=1S/C26H24N4O3S/c31-25(10-5-19-3-7-22(8-4-19)33-18-20-2-1-11-27-17-20)28-21-6-9-23-24(16-21)34-26(29-23)30-12-14-32-15-13-30/h1-11,16-17H,12-15,18H2,(H,28,31). The van der Waals surface area contributed by atoms with Gasteiger partial charge >= 0.3 is 0 Å². The fourth-order valence-corrected chi connectivity index (χ4v) is 4.62. The number of thiazole rings is 1. The van der Waals surface area contributed by atoms with Crippen molar-refractivity contribution in [3.8, 4) is 5.75 Å². The molecule has 0 unspecified atom stereocenters. The molecule has 1 aliphatic heterocycles. The van der Waals surface area contributed by atoms with Crippen molar-refractivity contribution >= 4 is 44.4 Å². The van der Waals surface area contributed by atoms with Crippen molar-refractivity contribution in [1.82, 2.24) is 9.97 Å². The van der Waals surface area contributed by atoms with Crippen LogP contribution in [0.15, 0.2) is 73.1 Å². The zero-order valence-electron chi connectivity index (χ0n) is 18.5. The Hall–Kier alpha value is -3.75. The van der Waals surface area contributed by atoms with E-state index in [1.54, 1.807) is 29.8 Å². The van der Waals surface area contributed by atoms with Crippen molar-refractivity contribution in [2.45, 2.75) is 6.61 Å². The van der Waals surface area contributed by atoms with Gasteiger partial charge in [0.05, 0.1) is 23.4 Å². The molecule has 0 bridgehead atoms. The van der Waals surface area contributed by atoms with E-state index < -0.39 is 0 Å². The van der Waals surface area contributed by atoms with Gasteiger partial charge in [0.1, 0.15) is 12.4 Å². The second kappa shape index (κ2) is 10.5. The number of amides is 1. The number of pyridine rings is 1. The van der Waals surface area contributed by atoms with Crippen LogP contribution in [-0.4, -0.2) is 42.2 Å². The number of benzene rings is 2. The Bertz CT molecular complexity index is 1280. The van der Waals surface area contributed by atoms with Gasteiger partial charge < -0.3 is 19.7 Å². The lowest BCUT2D eigenvalue weighted by Crippen LogP contribution is -2.36. The summed E-state index contributed by atoms with van der Waals surface area (Å²) in [6.07, 6.45) is 6.83. The third-order valence-electron chi connectivity index (χ3n) is 5.36. The van der Waals surface area contributed by atoms with E-state index in [2.05, 4.69) is 15.2 Å². The fraction of sp³-hybridized carbons (Fsp3) is 0.192. The minimum absolute atomic E-state index is 0.186. The molecule has 5 rings (SSSR count). The first-order chi connectivity index (χ1) is 16.7. The topological polar surface area (TPSA) is 76.6 Å². The number of anilines is 2. The summed E-state index contributed by atoms with van der Waals surface area (Å²) in [5.41, 5.74) is 3.61. The highest BCUT2D eigenvalue weighted by Crippen LogP contribution is 2.31. The second-order valence-electron chi connectivity index (χ2n) is 7.82. The van der Waals surface area contributed by atoms with E-state index in [-0.39, 0.29) is 5.91 Å². The molecular weight excluding hydrogens is 448 g/mol. The van der Waals surface area contributed by atoms with Gasteiger partial charge in [-0.3, -0.25) is 9.78 Å². The first-order valence-corrected chi connectivity index (χ1v) is 11.9. The number of hydrogen-bond acceptors (Lipinski definition) is 7. The molecule has 1 saturated heterocycles. The largest absolute Gasteiger partial charge is 0.489 e. The van der Waals surface area contributed by atoms with E-state index in [1.807, 2.05) is 54.6 Å². The van der Waals surface area contributed by atoms with Crippen LogP contribution >= 0.6 is 11.3 Å². The summed E-state index contributed by atoms with van der Waals surface area (Å²) in [7, 11) is 0. The van der Waals surface area contributed by atoms with Gasteiger partial charge in [-0.2, -0.15) is 0 Å². The molecule has 172 valence electrons. The van der Waals surface area contributed by atoms with Gasteiger partial charge in [0, 0.05) is 42.8 Å². The van der Waals surface area contributed by atoms with Crippen molar-refractivity contribution in [1.29, 1.82) is 0 Å². The monoisotopic (exact) mass is 472 g/mol. The molecule has 0 spiro atoms. The average Bonchev–Trinajstić information content (AvgIpc) is 3.32. The van der Waals surface area contributed by atoms with Crippen LogP contribution in [0.3, 0.4) is 0 Å². The van der Waals surface area contributed by atoms with Crippen LogP contribution in [0.4, 0.5) is 10.8 Å². The third kappa shape index (κ3) is 5.59. The van der Waals surface area contributed by atoms with Crippen LogP contribution in [0, 0.1) is 0 Å². The Labute approximate surface area is 201 Å². The van der Waals surface area contributed by atoms with Gasteiger partial charge in [-0.1, -0.05) is 29.5 Å². The molecule has 0 saturated carbocycles. The summed E-state index contributed by atoms with van der Waals surface area (Å²) in [6.45, 7) is 3.62. The molecule has 8 heteroatoms. The third-order valence-corrected chi connectivity index (χ3v) is 6.44. The predicted octanol–water partition coefficient (Wildman–Crippen LogP) is 4.76. The number of fused-ring (bicyclic) bond motifs is 1. The maximum Gasteiger partial charge on any atom is 0.248 e. The van der Waals surface area contributed by atoms with E-state index in [9.17, 15) is 4.79 Å². The zero-order valence-corrected chi connectivity index (χ0v) is 19.3. The predicted molar refractivity (Wildman–Crippen MR) is 135 cm³/mol. The lowest BCUT2D eigenvalue weighted by molar-refractivity contribution is -0.111. The Morgan fingerprint density at radius 3 is 2.79 bits per heavy atom. The zero-order chi connectivity index (χ0) is 23.2. The molecule has 3 heterocycles. The number of carbonyl (C=O) groups excluding carboxylic acids is 1. The summed E-state index contributed by atoms with van der Waals surface area (Å²) in [5, 5.41) is 3.93. The summed E-state index contributed by atoms with van der Waals surface area (Å²) in [6, 6.07) is 17.3. The number of morpholine rings is 1. The highest BCUT2D eigenvalue weighted by Gasteiger charge is 2.15. The summed E-state index contributed by atoms with van der Waals surface area (Å²) < 4.78 is 12.2. The van der Waals surface area contributed by atoms with E-state index in [0.717, 1.165) is 64.2 Å². The van der Waals surface area contributed by atoms with Gasteiger partial charge in [-0.25, -0.2) is 4.98 Å². The lowest BCUT2D eigenvalue weighted by atomic mass is 10.2. The number of ether oxygens (including phenoxy) is 2. The minimum Gasteiger partial charge on any atom is -0.489 e. The molecular formula is C26H24N4O3S. The van der Waals surface area contributed by atoms with E-state index in [1.165, 1.54) is 6.08 Å². The quantitative estimate of drug-likeness (QED) is 0.391. The van der Waals surface area contributed by atoms with Crippen molar-refractivity contribution in [2.75, 3.05) is 36.5 Å². The van der Waals surface area contributed by atoms with Gasteiger partial charge in [-0.15, -0.1) is 0 Å². The summed E-state index contributed by atoms with van der Waals surface area (Å²) >= 11 is 1.63. The fourth-order valence-electron chi connectivity index (χ4n) is 3.56. The maximum absolute atomic E-state index is 12.4.